The number of hydrogen-bond donors (Lipinski definition) is 0. The number of likely N-dealkylation sites (N-methyl/N-ethyl adjacent to an activating group) is 1. The van der Waals surface area contributed by atoms with Gasteiger partial charge in [0, 0.05) is 56.0 Å². The minimum Gasteiger partial charge on any atom is -0.348 e. The van der Waals surface area contributed by atoms with Gasteiger partial charge in [0.2, 0.25) is 0 Å². The zero-order chi connectivity index (χ0) is 50.2. The number of hydrogen-bond acceptors (Lipinski definition) is 4. The van der Waals surface area contributed by atoms with Crippen molar-refractivity contribution in [3.05, 3.63) is 288 Å². The molecule has 4 atom stereocenters. The summed E-state index contributed by atoms with van der Waals surface area (Å²) in [5, 5.41) is 1.21. The summed E-state index contributed by atoms with van der Waals surface area (Å²) in [7, 11) is 2.22. The summed E-state index contributed by atoms with van der Waals surface area (Å²) in [6.45, 7) is 9.22. The molecule has 4 unspecified atom stereocenters. The van der Waals surface area contributed by atoms with Gasteiger partial charge in [0.05, 0.1) is 6.04 Å². The smallest absolute Gasteiger partial charge is 0.0556 e. The summed E-state index contributed by atoms with van der Waals surface area (Å²) in [6, 6.07) is 18.0. The SMILES string of the molecule is C1=CCC2Sc3ccccc3C2=C1.C=C/C=C\C=C/C.C=C/C=C\C=C/CC1=CC=C(N(C)C2=CCC(C3=CCC(N(C4=CCC5Sc6ccccc6C5=C4)C4=CC=C(C5=CC=CCC5)CC4)C=C3)C=C2)CC1. The first-order chi connectivity index (χ1) is 36.0. The summed E-state index contributed by atoms with van der Waals surface area (Å²) in [5.74, 6) is 0.424. The number of benzene rings is 2. The van der Waals surface area contributed by atoms with Gasteiger partial charge in [-0.15, -0.1) is 23.5 Å². The van der Waals surface area contributed by atoms with Crippen molar-refractivity contribution in [2.24, 2.45) is 5.92 Å². The van der Waals surface area contributed by atoms with E-state index in [9.17, 15) is 0 Å². The highest BCUT2D eigenvalue weighted by atomic mass is 32.2. The fourth-order valence-corrected chi connectivity index (χ4v) is 13.4. The Morgan fingerprint density at radius 1 is 0.603 bits per heavy atom. The first kappa shape index (κ1) is 51.4. The molecule has 0 fully saturated rings. The maximum Gasteiger partial charge on any atom is 0.0556 e. The second kappa shape index (κ2) is 26.0. The van der Waals surface area contributed by atoms with Gasteiger partial charge in [0.25, 0.3) is 0 Å². The molecule has 2 aromatic carbocycles. The minimum absolute atomic E-state index is 0.306. The van der Waals surface area contributed by atoms with Crippen molar-refractivity contribution in [2.75, 3.05) is 7.05 Å². The van der Waals surface area contributed by atoms with Crippen LogP contribution in [0.5, 0.6) is 0 Å². The number of rotatable bonds is 13. The molecule has 0 N–H and O–H groups in total. The topological polar surface area (TPSA) is 6.48 Å². The average molecular weight is 993 g/mol. The predicted molar refractivity (Wildman–Crippen MR) is 320 cm³/mol. The summed E-state index contributed by atoms with van der Waals surface area (Å²) >= 11 is 4.04. The van der Waals surface area contributed by atoms with Crippen molar-refractivity contribution in [1.29, 1.82) is 0 Å². The molecular formula is C69H72N2S2. The maximum absolute atomic E-state index is 3.73. The van der Waals surface area contributed by atoms with Crippen LogP contribution in [-0.4, -0.2) is 33.4 Å². The van der Waals surface area contributed by atoms with E-state index in [1.165, 1.54) is 83.6 Å². The van der Waals surface area contributed by atoms with E-state index in [1.54, 1.807) is 6.08 Å². The van der Waals surface area contributed by atoms with E-state index >= 15 is 0 Å². The Labute approximate surface area is 446 Å². The van der Waals surface area contributed by atoms with Crippen LogP contribution >= 0.6 is 23.5 Å². The molecule has 0 spiro atoms. The van der Waals surface area contributed by atoms with E-state index in [4.69, 9.17) is 0 Å². The molecule has 4 heteroatoms. The van der Waals surface area contributed by atoms with Gasteiger partial charge in [-0.3, -0.25) is 0 Å². The standard InChI is InChI=1S/C50H52N2S.C12H10S.C7H10/c1-3-4-5-6-8-13-37-18-26-42(27-19-37)51(2)43-28-20-40(21-29-43)41-24-32-45(33-25-41)52(44-30-22-39(23-31-44)38-14-9-7-10-15-38)46-34-35-50-48(36-46)47-16-11-12-17-49(47)53-50;1-3-7-11-9(5-1)10-6-2-4-8-12(10)13-11;1-3-5-7-6-4-2/h3-9,11-12,14,16-18,20,22,24-26,28-30,32,34,36,40,45,50H,1,10,13,15,19,21,23,27,31,33,35H2,2H3;1-7,12H,8H2;3-7H,1H2,2H3/b5-4-,8-6-;;6-4-,7-5-. The molecule has 2 aliphatic heterocycles. The van der Waals surface area contributed by atoms with Gasteiger partial charge in [-0.25, -0.2) is 0 Å². The van der Waals surface area contributed by atoms with E-state index in [0.717, 1.165) is 64.2 Å². The van der Waals surface area contributed by atoms with E-state index in [2.05, 4.69) is 200 Å². The zero-order valence-electron chi connectivity index (χ0n) is 43.0. The lowest BCUT2D eigenvalue weighted by Crippen LogP contribution is -2.34. The highest BCUT2D eigenvalue weighted by molar-refractivity contribution is 8.01. The van der Waals surface area contributed by atoms with Crippen molar-refractivity contribution in [3.8, 4) is 0 Å². The number of nitrogens with zero attached hydrogens (tertiary/aromatic N) is 2. The molecule has 0 aromatic heterocycles. The Morgan fingerprint density at radius 2 is 1.32 bits per heavy atom. The molecule has 0 amide bonds. The van der Waals surface area contributed by atoms with Crippen LogP contribution in [0.25, 0.3) is 11.1 Å². The summed E-state index contributed by atoms with van der Waals surface area (Å²) in [6.07, 6.45) is 74.4. The first-order valence-electron chi connectivity index (χ1n) is 26.6. The van der Waals surface area contributed by atoms with Crippen LogP contribution in [0, 0.1) is 5.92 Å². The molecule has 2 nitrogen and oxygen atoms in total. The second-order valence-electron chi connectivity index (χ2n) is 19.5. The van der Waals surface area contributed by atoms with Gasteiger partial charge in [0.15, 0.2) is 0 Å². The molecule has 11 rings (SSSR count). The van der Waals surface area contributed by atoms with Crippen LogP contribution in [0.15, 0.2) is 287 Å². The monoisotopic (exact) mass is 993 g/mol. The second-order valence-corrected chi connectivity index (χ2v) is 22.0. The Hall–Kier alpha value is -6.46. The molecular weight excluding hydrogens is 921 g/mol. The lowest BCUT2D eigenvalue weighted by atomic mass is 9.86. The van der Waals surface area contributed by atoms with Crippen molar-refractivity contribution >= 4 is 34.7 Å². The molecule has 7 aliphatic carbocycles. The third-order valence-corrected chi connectivity index (χ3v) is 17.5. The molecule has 370 valence electrons. The lowest BCUT2D eigenvalue weighted by Gasteiger charge is -2.39. The average Bonchev–Trinajstić information content (AvgIpc) is 4.03. The molecule has 73 heavy (non-hydrogen) atoms. The largest absolute Gasteiger partial charge is 0.348 e. The Morgan fingerprint density at radius 3 is 1.99 bits per heavy atom. The number of fused-ring (bicyclic) bond motifs is 6. The molecule has 9 aliphatic rings. The zero-order valence-corrected chi connectivity index (χ0v) is 44.6. The molecule has 0 radical (unpaired) electrons. The predicted octanol–water partition coefficient (Wildman–Crippen LogP) is 18.8. The molecule has 0 saturated heterocycles. The molecule has 0 saturated carbocycles. The van der Waals surface area contributed by atoms with Crippen LogP contribution in [0.3, 0.4) is 0 Å². The van der Waals surface area contributed by atoms with Gasteiger partial charge >= 0.3 is 0 Å². The highest BCUT2D eigenvalue weighted by Gasteiger charge is 2.33. The third kappa shape index (κ3) is 13.0. The minimum atomic E-state index is 0.306. The van der Waals surface area contributed by atoms with Crippen LogP contribution in [-0.2, 0) is 0 Å². The van der Waals surface area contributed by atoms with Gasteiger partial charge in [-0.1, -0.05) is 201 Å². The fraction of sp³-hybridized carbons (Fsp3) is 0.246. The van der Waals surface area contributed by atoms with E-state index in [0.29, 0.717) is 22.5 Å². The van der Waals surface area contributed by atoms with Crippen molar-refractivity contribution in [3.63, 3.8) is 0 Å². The van der Waals surface area contributed by atoms with Crippen LogP contribution < -0.4 is 0 Å². The van der Waals surface area contributed by atoms with E-state index in [-0.39, 0.29) is 0 Å². The van der Waals surface area contributed by atoms with E-state index < -0.39 is 0 Å². The van der Waals surface area contributed by atoms with Gasteiger partial charge in [-0.05, 0) is 153 Å². The molecule has 2 heterocycles. The lowest BCUT2D eigenvalue weighted by molar-refractivity contribution is 0.354. The Bertz CT molecular complexity index is 2960. The molecule has 0 bridgehead atoms. The molecule has 2 aromatic rings. The summed E-state index contributed by atoms with van der Waals surface area (Å²) in [4.78, 5) is 7.94. The summed E-state index contributed by atoms with van der Waals surface area (Å²) in [5.41, 5.74) is 17.4. The number of thioether (sulfide) groups is 2. The van der Waals surface area contributed by atoms with Crippen LogP contribution in [0.4, 0.5) is 0 Å². The van der Waals surface area contributed by atoms with Crippen LogP contribution in [0.2, 0.25) is 0 Å². The van der Waals surface area contributed by atoms with Gasteiger partial charge in [-0.2, -0.15) is 0 Å². The first-order valence-corrected chi connectivity index (χ1v) is 28.4. The summed E-state index contributed by atoms with van der Waals surface area (Å²) < 4.78 is 0. The quantitative estimate of drug-likeness (QED) is 0.184. The number of allylic oxidation sites excluding steroid dienone is 32. The fourth-order valence-electron chi connectivity index (χ4n) is 10.8. The van der Waals surface area contributed by atoms with Crippen molar-refractivity contribution in [1.82, 2.24) is 9.80 Å². The van der Waals surface area contributed by atoms with Crippen LogP contribution in [0.1, 0.15) is 88.7 Å². The van der Waals surface area contributed by atoms with Gasteiger partial charge < -0.3 is 9.80 Å². The Kier molecular flexibility index (Phi) is 18.3. The van der Waals surface area contributed by atoms with Gasteiger partial charge in [0.1, 0.15) is 0 Å². The highest BCUT2D eigenvalue weighted by Crippen LogP contribution is 2.50. The van der Waals surface area contributed by atoms with E-state index in [1.807, 2.05) is 73.0 Å². The van der Waals surface area contributed by atoms with Crippen molar-refractivity contribution in [2.45, 2.75) is 104 Å². The maximum atomic E-state index is 3.73. The van der Waals surface area contributed by atoms with Crippen molar-refractivity contribution < 1.29 is 0 Å². The Balaban J connectivity index is 0.000000271. The normalized spacial score (nSPS) is 23.4. The third-order valence-electron chi connectivity index (χ3n) is 14.8.